The van der Waals surface area contributed by atoms with E-state index in [0.717, 1.165) is 11.1 Å². The second-order valence-corrected chi connectivity index (χ2v) is 3.62. The highest BCUT2D eigenvalue weighted by Crippen LogP contribution is 2.13. The van der Waals surface area contributed by atoms with E-state index < -0.39 is 11.9 Å². The Morgan fingerprint density at radius 3 is 2.67 bits per heavy atom. The van der Waals surface area contributed by atoms with Crippen molar-refractivity contribution in [1.82, 2.24) is 0 Å². The highest BCUT2D eigenvalue weighted by molar-refractivity contribution is 5.70. The van der Waals surface area contributed by atoms with Gasteiger partial charge in [-0.15, -0.1) is 0 Å². The molecule has 3 nitrogen and oxygen atoms in total. The molecule has 0 aromatic heterocycles. The number of hydrogen-bond donors (Lipinski definition) is 1. The van der Waals surface area contributed by atoms with Gasteiger partial charge in [-0.05, 0) is 24.5 Å². The molecule has 0 aliphatic rings. The second kappa shape index (κ2) is 5.51. The Kier molecular flexibility index (Phi) is 4.31. The Morgan fingerprint density at radius 2 is 2.13 bits per heavy atom. The standard InChI is InChI=1S/C12H16O3/c1-9-5-3-4-6-10(9)7-11(8-15-2)12(13)14/h3-6,11H,7-8H2,1-2H3,(H,13,14). The van der Waals surface area contributed by atoms with Gasteiger partial charge in [-0.25, -0.2) is 0 Å². The summed E-state index contributed by atoms with van der Waals surface area (Å²) in [5.74, 6) is -1.27. The van der Waals surface area contributed by atoms with E-state index >= 15 is 0 Å². The van der Waals surface area contributed by atoms with Gasteiger partial charge in [0.05, 0.1) is 12.5 Å². The number of aliphatic carboxylic acids is 1. The number of ether oxygens (including phenoxy) is 1. The lowest BCUT2D eigenvalue weighted by Gasteiger charge is -2.12. The molecule has 0 heterocycles. The summed E-state index contributed by atoms with van der Waals surface area (Å²) in [4.78, 5) is 10.9. The van der Waals surface area contributed by atoms with Crippen molar-refractivity contribution in [2.45, 2.75) is 13.3 Å². The van der Waals surface area contributed by atoms with Crippen LogP contribution < -0.4 is 0 Å². The molecule has 1 aromatic carbocycles. The van der Waals surface area contributed by atoms with Gasteiger partial charge in [-0.2, -0.15) is 0 Å². The van der Waals surface area contributed by atoms with Gasteiger partial charge in [0.25, 0.3) is 0 Å². The molecular formula is C12H16O3. The van der Waals surface area contributed by atoms with Crippen LogP contribution in [0.2, 0.25) is 0 Å². The Bertz CT molecular complexity index is 333. The fourth-order valence-electron chi connectivity index (χ4n) is 1.52. The van der Waals surface area contributed by atoms with Crippen LogP contribution in [-0.4, -0.2) is 24.8 Å². The van der Waals surface area contributed by atoms with Gasteiger partial charge in [-0.3, -0.25) is 4.79 Å². The predicted molar refractivity (Wildman–Crippen MR) is 57.9 cm³/mol. The summed E-state index contributed by atoms with van der Waals surface area (Å²) in [6, 6.07) is 7.82. The summed E-state index contributed by atoms with van der Waals surface area (Å²) in [6.45, 7) is 2.24. The van der Waals surface area contributed by atoms with Crippen molar-refractivity contribution in [3.8, 4) is 0 Å². The molecule has 0 saturated heterocycles. The smallest absolute Gasteiger partial charge is 0.309 e. The Morgan fingerprint density at radius 1 is 1.47 bits per heavy atom. The minimum atomic E-state index is -0.805. The molecule has 0 radical (unpaired) electrons. The Hall–Kier alpha value is -1.35. The van der Waals surface area contributed by atoms with E-state index in [1.165, 1.54) is 7.11 Å². The van der Waals surface area contributed by atoms with Crippen molar-refractivity contribution in [1.29, 1.82) is 0 Å². The van der Waals surface area contributed by atoms with Gasteiger partial charge in [0.15, 0.2) is 0 Å². The molecular weight excluding hydrogens is 192 g/mol. The third-order valence-corrected chi connectivity index (χ3v) is 2.44. The van der Waals surface area contributed by atoms with Gasteiger partial charge in [0.2, 0.25) is 0 Å². The fourth-order valence-corrected chi connectivity index (χ4v) is 1.52. The van der Waals surface area contributed by atoms with Gasteiger partial charge in [0, 0.05) is 7.11 Å². The highest BCUT2D eigenvalue weighted by Gasteiger charge is 2.18. The lowest BCUT2D eigenvalue weighted by Crippen LogP contribution is -2.21. The average Bonchev–Trinajstić information content (AvgIpc) is 2.20. The van der Waals surface area contributed by atoms with E-state index in [-0.39, 0.29) is 6.61 Å². The molecule has 1 atom stereocenters. The summed E-state index contributed by atoms with van der Waals surface area (Å²) in [5.41, 5.74) is 2.20. The first-order chi connectivity index (χ1) is 7.15. The predicted octanol–water partition coefficient (Wildman–Crippen LogP) is 1.88. The lowest BCUT2D eigenvalue weighted by atomic mass is 9.97. The molecule has 0 fully saturated rings. The number of methoxy groups -OCH3 is 1. The lowest BCUT2D eigenvalue weighted by molar-refractivity contribution is -0.143. The summed E-state index contributed by atoms with van der Waals surface area (Å²) in [7, 11) is 1.52. The summed E-state index contributed by atoms with van der Waals surface area (Å²) < 4.78 is 4.90. The molecule has 1 N–H and O–H groups in total. The minimum Gasteiger partial charge on any atom is -0.481 e. The van der Waals surface area contributed by atoms with E-state index in [9.17, 15) is 4.79 Å². The SMILES string of the molecule is COCC(Cc1ccccc1C)C(=O)O. The van der Waals surface area contributed by atoms with Crippen LogP contribution in [0.4, 0.5) is 0 Å². The monoisotopic (exact) mass is 208 g/mol. The van der Waals surface area contributed by atoms with Crippen LogP contribution in [0.5, 0.6) is 0 Å². The van der Waals surface area contributed by atoms with E-state index in [2.05, 4.69) is 0 Å². The summed E-state index contributed by atoms with van der Waals surface area (Å²) in [5, 5.41) is 8.98. The van der Waals surface area contributed by atoms with Crippen molar-refractivity contribution in [2.24, 2.45) is 5.92 Å². The van der Waals surface area contributed by atoms with Crippen molar-refractivity contribution >= 4 is 5.97 Å². The number of carboxylic acids is 1. The maximum atomic E-state index is 10.9. The van der Waals surface area contributed by atoms with Gasteiger partial charge in [-0.1, -0.05) is 24.3 Å². The number of hydrogen-bond acceptors (Lipinski definition) is 2. The Balaban J connectivity index is 2.74. The molecule has 3 heteroatoms. The van der Waals surface area contributed by atoms with E-state index in [0.29, 0.717) is 6.42 Å². The zero-order valence-electron chi connectivity index (χ0n) is 9.06. The van der Waals surface area contributed by atoms with Crippen LogP contribution in [0.3, 0.4) is 0 Å². The molecule has 0 aliphatic heterocycles. The number of benzene rings is 1. The molecule has 0 spiro atoms. The average molecular weight is 208 g/mol. The van der Waals surface area contributed by atoms with Gasteiger partial charge >= 0.3 is 5.97 Å². The van der Waals surface area contributed by atoms with Crippen LogP contribution in [0.25, 0.3) is 0 Å². The maximum Gasteiger partial charge on any atom is 0.309 e. The Labute approximate surface area is 89.7 Å². The van der Waals surface area contributed by atoms with E-state index in [1.807, 2.05) is 31.2 Å². The first kappa shape index (κ1) is 11.7. The van der Waals surface area contributed by atoms with Crippen molar-refractivity contribution in [2.75, 3.05) is 13.7 Å². The summed E-state index contributed by atoms with van der Waals surface area (Å²) >= 11 is 0. The largest absolute Gasteiger partial charge is 0.481 e. The molecule has 0 bridgehead atoms. The molecule has 1 unspecified atom stereocenters. The number of carboxylic acid groups (broad SMARTS) is 1. The first-order valence-corrected chi connectivity index (χ1v) is 4.91. The third kappa shape index (κ3) is 3.36. The molecule has 0 amide bonds. The maximum absolute atomic E-state index is 10.9. The topological polar surface area (TPSA) is 46.5 Å². The molecule has 1 rings (SSSR count). The van der Waals surface area contributed by atoms with Crippen molar-refractivity contribution < 1.29 is 14.6 Å². The minimum absolute atomic E-state index is 0.254. The zero-order chi connectivity index (χ0) is 11.3. The van der Waals surface area contributed by atoms with Crippen LogP contribution in [-0.2, 0) is 16.0 Å². The third-order valence-electron chi connectivity index (χ3n) is 2.44. The normalized spacial score (nSPS) is 12.4. The van der Waals surface area contributed by atoms with Crippen LogP contribution in [0.15, 0.2) is 24.3 Å². The van der Waals surface area contributed by atoms with Crippen molar-refractivity contribution in [3.63, 3.8) is 0 Å². The zero-order valence-corrected chi connectivity index (χ0v) is 9.06. The number of aryl methyl sites for hydroxylation is 1. The van der Waals surface area contributed by atoms with Crippen LogP contribution in [0, 0.1) is 12.8 Å². The van der Waals surface area contributed by atoms with Crippen LogP contribution >= 0.6 is 0 Å². The van der Waals surface area contributed by atoms with Gasteiger partial charge in [0.1, 0.15) is 0 Å². The first-order valence-electron chi connectivity index (χ1n) is 4.91. The molecule has 1 aromatic rings. The molecule has 15 heavy (non-hydrogen) atoms. The quantitative estimate of drug-likeness (QED) is 0.803. The van der Waals surface area contributed by atoms with E-state index in [4.69, 9.17) is 9.84 Å². The molecule has 82 valence electrons. The fraction of sp³-hybridized carbons (Fsp3) is 0.417. The molecule has 0 aliphatic carbocycles. The van der Waals surface area contributed by atoms with Crippen LogP contribution in [0.1, 0.15) is 11.1 Å². The second-order valence-electron chi connectivity index (χ2n) is 3.62. The highest BCUT2D eigenvalue weighted by atomic mass is 16.5. The van der Waals surface area contributed by atoms with E-state index in [1.54, 1.807) is 0 Å². The number of rotatable bonds is 5. The van der Waals surface area contributed by atoms with Gasteiger partial charge < -0.3 is 9.84 Å². The molecule has 0 saturated carbocycles. The summed E-state index contributed by atoms with van der Waals surface area (Å²) in [6.07, 6.45) is 0.524. The van der Waals surface area contributed by atoms with Crippen molar-refractivity contribution in [3.05, 3.63) is 35.4 Å². The number of carbonyl (C=O) groups is 1.